The minimum Gasteiger partial charge on any atom is -0.493 e. The van der Waals surface area contributed by atoms with E-state index in [1.165, 1.54) is 0 Å². The number of nitrogens with one attached hydrogen (secondary N) is 2. The van der Waals surface area contributed by atoms with Gasteiger partial charge in [-0.25, -0.2) is 4.99 Å². The molecule has 2 N–H and O–H groups in total. The molecule has 2 aromatic rings. The highest BCUT2D eigenvalue weighted by molar-refractivity contribution is 14.0. The lowest BCUT2D eigenvalue weighted by Crippen LogP contribution is -2.30. The van der Waals surface area contributed by atoms with Crippen LogP contribution in [0, 0.1) is 0 Å². The molecule has 2 aromatic carbocycles. The molecule has 0 saturated carbocycles. The zero-order valence-corrected chi connectivity index (χ0v) is 19.9. The van der Waals surface area contributed by atoms with Crippen molar-refractivity contribution in [2.24, 2.45) is 4.99 Å². The van der Waals surface area contributed by atoms with Gasteiger partial charge in [-0.2, -0.15) is 0 Å². The monoisotopic (exact) mass is 515 g/mol. The van der Waals surface area contributed by atoms with E-state index < -0.39 is 0 Å². The predicted octanol–water partition coefficient (Wildman–Crippen LogP) is 4.31. The number of para-hydroxylation sites is 1. The van der Waals surface area contributed by atoms with Gasteiger partial charge in [0.15, 0.2) is 29.0 Å². The summed E-state index contributed by atoms with van der Waals surface area (Å²) in [6.45, 7) is 5.70. The molecule has 0 spiro atoms. The third kappa shape index (κ3) is 6.88. The number of hydrogen-bond acceptors (Lipinski definition) is 5. The highest BCUT2D eigenvalue weighted by Crippen LogP contribution is 2.32. The summed E-state index contributed by atoms with van der Waals surface area (Å²) in [7, 11) is 4.87. The lowest BCUT2D eigenvalue weighted by molar-refractivity contribution is 0.311. The molecular weight excluding hydrogens is 485 g/mol. The number of benzene rings is 2. The fourth-order valence-corrected chi connectivity index (χ4v) is 2.71. The van der Waals surface area contributed by atoms with Crippen LogP contribution in [-0.4, -0.2) is 40.4 Å². The maximum absolute atomic E-state index is 5.56. The summed E-state index contributed by atoms with van der Waals surface area (Å²) in [5.41, 5.74) is 1.78. The molecule has 2 rings (SSSR count). The van der Waals surface area contributed by atoms with Crippen LogP contribution >= 0.6 is 24.0 Å². The van der Waals surface area contributed by atoms with Crippen LogP contribution in [0.4, 0.5) is 5.69 Å². The lowest BCUT2D eigenvalue weighted by atomic mass is 10.2. The highest BCUT2D eigenvalue weighted by atomic mass is 127. The molecule has 0 aliphatic heterocycles. The van der Waals surface area contributed by atoms with Crippen molar-refractivity contribution in [3.05, 3.63) is 42.0 Å². The molecule has 0 saturated heterocycles. The fourth-order valence-electron chi connectivity index (χ4n) is 2.71. The highest BCUT2D eigenvalue weighted by Gasteiger charge is 2.10. The van der Waals surface area contributed by atoms with Gasteiger partial charge in [0.1, 0.15) is 0 Å². The van der Waals surface area contributed by atoms with Crippen molar-refractivity contribution in [3.8, 4) is 23.0 Å². The van der Waals surface area contributed by atoms with Gasteiger partial charge in [0.05, 0.1) is 34.5 Å². The van der Waals surface area contributed by atoms with E-state index >= 15 is 0 Å². The molecule has 0 atom stereocenters. The fraction of sp³-hybridized carbons (Fsp3) is 0.381. The van der Waals surface area contributed by atoms with E-state index in [0.29, 0.717) is 42.1 Å². The van der Waals surface area contributed by atoms with E-state index in [0.717, 1.165) is 17.8 Å². The molecule has 0 unspecified atom stereocenters. The number of aliphatic imine (C=N–C) groups is 1. The molecule has 0 heterocycles. The number of hydrogen-bond donors (Lipinski definition) is 2. The van der Waals surface area contributed by atoms with Crippen molar-refractivity contribution >= 4 is 35.6 Å². The molecule has 0 aliphatic carbocycles. The first kappa shape index (κ1) is 24.7. The number of rotatable bonds is 9. The summed E-state index contributed by atoms with van der Waals surface area (Å²) >= 11 is 0. The largest absolute Gasteiger partial charge is 0.493 e. The van der Waals surface area contributed by atoms with Gasteiger partial charge in [-0.15, -0.1) is 24.0 Å². The van der Waals surface area contributed by atoms with Crippen LogP contribution in [0.1, 0.15) is 19.4 Å². The van der Waals surface area contributed by atoms with Gasteiger partial charge in [-0.3, -0.25) is 0 Å². The van der Waals surface area contributed by atoms with E-state index in [9.17, 15) is 0 Å². The standard InChI is InChI=1S/C21H29N3O4.HI/c1-6-22-21(23-14-15-9-8-10-18(25-3)20(15)27-5)24-16-11-12-17(28-7-2)19(13-16)26-4;/h8-13H,6-7,14H2,1-5H3,(H2,22,23,24);1H. The molecule has 0 radical (unpaired) electrons. The van der Waals surface area contributed by atoms with Crippen LogP contribution in [0.3, 0.4) is 0 Å². The zero-order valence-electron chi connectivity index (χ0n) is 17.6. The Bertz CT molecular complexity index is 799. The summed E-state index contributed by atoms with van der Waals surface area (Å²) in [5, 5.41) is 6.53. The first-order chi connectivity index (χ1) is 13.7. The van der Waals surface area contributed by atoms with Crippen molar-refractivity contribution in [2.75, 3.05) is 39.8 Å². The Morgan fingerprint density at radius 1 is 0.931 bits per heavy atom. The Hall–Kier alpha value is -2.36. The molecule has 0 bridgehead atoms. The van der Waals surface area contributed by atoms with Gasteiger partial charge >= 0.3 is 0 Å². The molecule has 8 heteroatoms. The summed E-state index contributed by atoms with van der Waals surface area (Å²) in [6, 6.07) is 11.4. The third-order valence-electron chi connectivity index (χ3n) is 3.96. The maximum atomic E-state index is 5.56. The second kappa shape index (κ2) is 13.0. The average molecular weight is 515 g/mol. The van der Waals surface area contributed by atoms with Gasteiger partial charge in [-0.1, -0.05) is 12.1 Å². The topological polar surface area (TPSA) is 73.3 Å². The number of ether oxygens (including phenoxy) is 4. The summed E-state index contributed by atoms with van der Waals surface area (Å²) in [4.78, 5) is 4.66. The first-order valence-electron chi connectivity index (χ1n) is 9.22. The Labute approximate surface area is 189 Å². The number of nitrogens with zero attached hydrogens (tertiary/aromatic N) is 1. The second-order valence-electron chi connectivity index (χ2n) is 5.77. The molecular formula is C21H30IN3O4. The second-order valence-corrected chi connectivity index (χ2v) is 5.77. The maximum Gasteiger partial charge on any atom is 0.196 e. The van der Waals surface area contributed by atoms with Gasteiger partial charge in [0.25, 0.3) is 0 Å². The summed E-state index contributed by atoms with van der Waals surface area (Å²) in [6.07, 6.45) is 0. The molecule has 0 aliphatic rings. The molecule has 0 fully saturated rings. The minimum atomic E-state index is 0. The number of methoxy groups -OCH3 is 3. The van der Waals surface area contributed by atoms with Crippen molar-refractivity contribution in [2.45, 2.75) is 20.4 Å². The van der Waals surface area contributed by atoms with E-state index in [4.69, 9.17) is 18.9 Å². The van der Waals surface area contributed by atoms with Crippen LogP contribution < -0.4 is 29.6 Å². The summed E-state index contributed by atoms with van der Waals surface area (Å²) in [5.74, 6) is 3.39. The molecule has 7 nitrogen and oxygen atoms in total. The van der Waals surface area contributed by atoms with E-state index in [1.807, 2.05) is 50.2 Å². The Kier molecular flexibility index (Phi) is 11.0. The zero-order chi connectivity index (χ0) is 20.4. The molecule has 29 heavy (non-hydrogen) atoms. The Morgan fingerprint density at radius 3 is 2.31 bits per heavy atom. The Balaban J connectivity index is 0.00000420. The number of anilines is 1. The van der Waals surface area contributed by atoms with Gasteiger partial charge < -0.3 is 29.6 Å². The number of guanidine groups is 1. The quantitative estimate of drug-likeness (QED) is 0.295. The van der Waals surface area contributed by atoms with Crippen molar-refractivity contribution in [1.82, 2.24) is 5.32 Å². The third-order valence-corrected chi connectivity index (χ3v) is 3.96. The molecule has 0 aromatic heterocycles. The predicted molar refractivity (Wildman–Crippen MR) is 128 cm³/mol. The van der Waals surface area contributed by atoms with Gasteiger partial charge in [0, 0.05) is 23.9 Å². The molecule has 0 amide bonds. The minimum absolute atomic E-state index is 0. The normalized spacial score (nSPS) is 10.6. The van der Waals surface area contributed by atoms with Gasteiger partial charge in [0.2, 0.25) is 0 Å². The molecule has 160 valence electrons. The lowest BCUT2D eigenvalue weighted by Gasteiger charge is -2.15. The van der Waals surface area contributed by atoms with E-state index in [-0.39, 0.29) is 24.0 Å². The van der Waals surface area contributed by atoms with Crippen LogP contribution in [0.15, 0.2) is 41.4 Å². The van der Waals surface area contributed by atoms with Crippen LogP contribution in [0.2, 0.25) is 0 Å². The average Bonchev–Trinajstić information content (AvgIpc) is 2.72. The van der Waals surface area contributed by atoms with E-state index in [1.54, 1.807) is 21.3 Å². The van der Waals surface area contributed by atoms with Crippen LogP contribution in [0.25, 0.3) is 0 Å². The van der Waals surface area contributed by atoms with Crippen LogP contribution in [0.5, 0.6) is 23.0 Å². The van der Waals surface area contributed by atoms with E-state index in [2.05, 4.69) is 15.6 Å². The van der Waals surface area contributed by atoms with Crippen LogP contribution in [-0.2, 0) is 6.54 Å². The summed E-state index contributed by atoms with van der Waals surface area (Å²) < 4.78 is 21.8. The SMILES string of the molecule is CCNC(=NCc1cccc(OC)c1OC)Nc1ccc(OCC)c(OC)c1.I. The van der Waals surface area contributed by atoms with Crippen molar-refractivity contribution in [3.63, 3.8) is 0 Å². The first-order valence-corrected chi connectivity index (χ1v) is 9.22. The number of halogens is 1. The van der Waals surface area contributed by atoms with Crippen molar-refractivity contribution in [1.29, 1.82) is 0 Å². The van der Waals surface area contributed by atoms with Gasteiger partial charge in [-0.05, 0) is 32.0 Å². The smallest absolute Gasteiger partial charge is 0.196 e. The Morgan fingerprint density at radius 2 is 1.69 bits per heavy atom. The van der Waals surface area contributed by atoms with Crippen molar-refractivity contribution < 1.29 is 18.9 Å².